The summed E-state index contributed by atoms with van der Waals surface area (Å²) in [7, 11) is 0. The Balaban J connectivity index is 1.51. The zero-order valence-electron chi connectivity index (χ0n) is 16.1. The SMILES string of the molecule is CCC1(C2(O)CC(C(=O)N3CCCC3)C2)C=C(F)C(N2CCCC2)=C(F)C1. The second kappa shape index (κ2) is 6.87. The lowest BCUT2D eigenvalue weighted by Crippen LogP contribution is -2.60. The highest BCUT2D eigenvalue weighted by Gasteiger charge is 2.59. The van der Waals surface area contributed by atoms with Gasteiger partial charge in [-0.25, -0.2) is 8.78 Å². The number of hydrogen-bond donors (Lipinski definition) is 1. The summed E-state index contributed by atoms with van der Waals surface area (Å²) in [5.74, 6) is -1.13. The van der Waals surface area contributed by atoms with Crippen LogP contribution in [0.25, 0.3) is 0 Å². The number of aliphatic hydroxyl groups is 1. The number of carbonyl (C=O) groups is 1. The molecule has 0 radical (unpaired) electrons. The average molecular weight is 380 g/mol. The van der Waals surface area contributed by atoms with Crippen molar-refractivity contribution >= 4 is 5.91 Å². The number of allylic oxidation sites excluding steroid dienone is 2. The molecule has 1 amide bonds. The first kappa shape index (κ1) is 18.9. The van der Waals surface area contributed by atoms with Gasteiger partial charge in [0.05, 0.1) is 5.60 Å². The summed E-state index contributed by atoms with van der Waals surface area (Å²) in [6.45, 7) is 4.81. The molecule has 150 valence electrons. The van der Waals surface area contributed by atoms with E-state index in [4.69, 9.17) is 0 Å². The van der Waals surface area contributed by atoms with Gasteiger partial charge >= 0.3 is 0 Å². The smallest absolute Gasteiger partial charge is 0.225 e. The highest BCUT2D eigenvalue weighted by Crippen LogP contribution is 2.58. The second-order valence-corrected chi connectivity index (χ2v) is 8.80. The van der Waals surface area contributed by atoms with Crippen LogP contribution in [0.5, 0.6) is 0 Å². The Labute approximate surface area is 159 Å². The Morgan fingerprint density at radius 2 is 1.74 bits per heavy atom. The van der Waals surface area contributed by atoms with E-state index in [1.165, 1.54) is 6.08 Å². The van der Waals surface area contributed by atoms with Crippen molar-refractivity contribution in [2.24, 2.45) is 11.3 Å². The van der Waals surface area contributed by atoms with E-state index >= 15 is 0 Å². The molecule has 6 heteroatoms. The molecule has 2 aliphatic carbocycles. The lowest BCUT2D eigenvalue weighted by molar-refractivity contribution is -0.173. The van der Waals surface area contributed by atoms with E-state index in [1.54, 1.807) is 4.90 Å². The van der Waals surface area contributed by atoms with Crippen LogP contribution in [0.2, 0.25) is 0 Å². The van der Waals surface area contributed by atoms with Crippen LogP contribution in [0, 0.1) is 11.3 Å². The molecule has 27 heavy (non-hydrogen) atoms. The summed E-state index contributed by atoms with van der Waals surface area (Å²) in [6, 6.07) is 0. The third-order valence-corrected chi connectivity index (χ3v) is 7.27. The van der Waals surface area contributed by atoms with Gasteiger partial charge in [0, 0.05) is 43.9 Å². The molecule has 0 spiro atoms. The molecule has 1 saturated carbocycles. The van der Waals surface area contributed by atoms with Crippen LogP contribution in [0.15, 0.2) is 23.4 Å². The normalized spacial score (nSPS) is 36.9. The van der Waals surface area contributed by atoms with E-state index < -0.39 is 22.7 Å². The first-order valence-electron chi connectivity index (χ1n) is 10.4. The molecule has 0 bridgehead atoms. The molecular weight excluding hydrogens is 350 g/mol. The lowest BCUT2D eigenvalue weighted by atomic mass is 9.53. The molecule has 1 unspecified atom stereocenters. The third-order valence-electron chi connectivity index (χ3n) is 7.27. The van der Waals surface area contributed by atoms with Gasteiger partial charge in [0.1, 0.15) is 17.4 Å². The minimum Gasteiger partial charge on any atom is -0.389 e. The summed E-state index contributed by atoms with van der Waals surface area (Å²) in [5, 5.41) is 11.2. The van der Waals surface area contributed by atoms with Crippen LogP contribution in [-0.2, 0) is 4.79 Å². The zero-order valence-corrected chi connectivity index (χ0v) is 16.1. The fourth-order valence-corrected chi connectivity index (χ4v) is 5.50. The fraction of sp³-hybridized carbons (Fsp3) is 0.762. The number of rotatable bonds is 4. The van der Waals surface area contributed by atoms with Gasteiger partial charge in [-0.2, -0.15) is 0 Å². The molecule has 2 saturated heterocycles. The van der Waals surface area contributed by atoms with Crippen molar-refractivity contribution in [3.05, 3.63) is 23.4 Å². The lowest BCUT2D eigenvalue weighted by Gasteiger charge is -2.55. The largest absolute Gasteiger partial charge is 0.389 e. The van der Waals surface area contributed by atoms with Gasteiger partial charge in [0.15, 0.2) is 0 Å². The van der Waals surface area contributed by atoms with E-state index in [-0.39, 0.29) is 23.9 Å². The van der Waals surface area contributed by atoms with Crippen LogP contribution < -0.4 is 0 Å². The summed E-state index contributed by atoms with van der Waals surface area (Å²) in [5.41, 5.74) is -2.09. The van der Waals surface area contributed by atoms with E-state index in [0.29, 0.717) is 32.4 Å². The molecule has 0 aromatic rings. The third kappa shape index (κ3) is 3.00. The first-order valence-corrected chi connectivity index (χ1v) is 10.4. The minimum absolute atomic E-state index is 0.0177. The zero-order chi connectivity index (χ0) is 19.2. The number of carbonyl (C=O) groups excluding carboxylic acids is 1. The summed E-state index contributed by atoms with van der Waals surface area (Å²) >= 11 is 0. The van der Waals surface area contributed by atoms with Gasteiger partial charge < -0.3 is 14.9 Å². The molecule has 0 aromatic heterocycles. The Bertz CT molecular complexity index is 672. The van der Waals surface area contributed by atoms with Gasteiger partial charge in [-0.1, -0.05) is 6.92 Å². The van der Waals surface area contributed by atoms with Crippen LogP contribution in [0.4, 0.5) is 8.78 Å². The molecule has 2 heterocycles. The molecule has 2 aliphatic heterocycles. The van der Waals surface area contributed by atoms with Crippen LogP contribution in [0.3, 0.4) is 0 Å². The van der Waals surface area contributed by atoms with Crippen molar-refractivity contribution in [1.29, 1.82) is 0 Å². The number of amides is 1. The minimum atomic E-state index is -1.22. The highest BCUT2D eigenvalue weighted by atomic mass is 19.1. The van der Waals surface area contributed by atoms with Crippen molar-refractivity contribution in [3.63, 3.8) is 0 Å². The Hall–Kier alpha value is -1.43. The van der Waals surface area contributed by atoms with Crippen molar-refractivity contribution in [3.8, 4) is 0 Å². The van der Waals surface area contributed by atoms with Gasteiger partial charge in [0.2, 0.25) is 5.91 Å². The summed E-state index contributed by atoms with van der Waals surface area (Å²) in [6.07, 6.45) is 6.49. The molecule has 4 rings (SSSR count). The topological polar surface area (TPSA) is 43.8 Å². The van der Waals surface area contributed by atoms with Gasteiger partial charge in [-0.3, -0.25) is 4.79 Å². The van der Waals surface area contributed by atoms with Crippen LogP contribution in [-0.4, -0.2) is 52.6 Å². The Kier molecular flexibility index (Phi) is 4.81. The monoisotopic (exact) mass is 380 g/mol. The Morgan fingerprint density at radius 1 is 1.15 bits per heavy atom. The standard InChI is InChI=1S/C21H30F2N2O2/c1-2-20(13-16(22)18(17(23)14-20)24-7-3-4-8-24)21(27)11-15(12-21)19(26)25-9-5-6-10-25/h13,15,27H,2-12,14H2,1H3. The van der Waals surface area contributed by atoms with Gasteiger partial charge in [-0.05, 0) is 51.0 Å². The Morgan fingerprint density at radius 3 is 2.30 bits per heavy atom. The van der Waals surface area contributed by atoms with E-state index in [9.17, 15) is 18.7 Å². The predicted molar refractivity (Wildman–Crippen MR) is 99.0 cm³/mol. The van der Waals surface area contributed by atoms with Crippen molar-refractivity contribution in [2.75, 3.05) is 26.2 Å². The maximum absolute atomic E-state index is 15.0. The van der Waals surface area contributed by atoms with Crippen LogP contribution >= 0.6 is 0 Å². The molecule has 1 N–H and O–H groups in total. The van der Waals surface area contributed by atoms with Crippen LogP contribution in [0.1, 0.15) is 58.3 Å². The van der Waals surface area contributed by atoms with Crippen molar-refractivity contribution < 1.29 is 18.7 Å². The number of hydrogen-bond acceptors (Lipinski definition) is 3. The number of nitrogens with zero attached hydrogens (tertiary/aromatic N) is 2. The molecule has 3 fully saturated rings. The van der Waals surface area contributed by atoms with E-state index in [2.05, 4.69) is 0 Å². The maximum Gasteiger partial charge on any atom is 0.225 e. The second-order valence-electron chi connectivity index (χ2n) is 8.80. The highest BCUT2D eigenvalue weighted by molar-refractivity contribution is 5.80. The molecule has 4 nitrogen and oxygen atoms in total. The van der Waals surface area contributed by atoms with Gasteiger partial charge in [0.25, 0.3) is 0 Å². The van der Waals surface area contributed by atoms with Crippen molar-refractivity contribution in [1.82, 2.24) is 9.80 Å². The molecular formula is C21H30F2N2O2. The molecule has 4 aliphatic rings. The molecule has 0 aromatic carbocycles. The van der Waals surface area contributed by atoms with E-state index in [0.717, 1.165) is 38.8 Å². The van der Waals surface area contributed by atoms with E-state index in [1.807, 2.05) is 11.8 Å². The summed E-state index contributed by atoms with van der Waals surface area (Å²) < 4.78 is 30.0. The van der Waals surface area contributed by atoms with Gasteiger partial charge in [-0.15, -0.1) is 0 Å². The average Bonchev–Trinajstić information content (AvgIpc) is 3.31. The maximum atomic E-state index is 15.0. The predicted octanol–water partition coefficient (Wildman–Crippen LogP) is 3.68. The van der Waals surface area contributed by atoms with Crippen molar-refractivity contribution in [2.45, 2.75) is 63.9 Å². The first-order chi connectivity index (χ1) is 12.9. The quantitative estimate of drug-likeness (QED) is 0.809. The summed E-state index contributed by atoms with van der Waals surface area (Å²) in [4.78, 5) is 16.2. The number of likely N-dealkylation sites (tertiary alicyclic amines) is 2. The fourth-order valence-electron chi connectivity index (χ4n) is 5.50. The molecule has 1 atom stereocenters. The number of halogens is 2.